The SMILES string of the molecule is C[C@H]1CN(CCCNC(=O)[C@@H]2CC(=O)N(CCc3ccccc3)C2)C[C@H](C)O1. The van der Waals surface area contributed by atoms with Crippen molar-refractivity contribution < 1.29 is 14.3 Å². The average Bonchev–Trinajstić information content (AvgIpc) is 3.04. The van der Waals surface area contributed by atoms with E-state index in [-0.39, 0.29) is 29.9 Å². The molecule has 1 aromatic carbocycles. The standard InChI is InChI=1S/C22H33N3O3/c1-17-14-24(15-18(2)28-17)11-6-10-23-22(27)20-13-21(26)25(16-20)12-9-19-7-4-3-5-8-19/h3-5,7-8,17-18,20H,6,9-16H2,1-2H3,(H,23,27)/t17-,18-,20+/m0/s1. The zero-order valence-electron chi connectivity index (χ0n) is 17.1. The molecule has 0 saturated carbocycles. The van der Waals surface area contributed by atoms with Crippen LogP contribution in [0.15, 0.2) is 30.3 Å². The predicted molar refractivity (Wildman–Crippen MR) is 109 cm³/mol. The summed E-state index contributed by atoms with van der Waals surface area (Å²) < 4.78 is 5.75. The van der Waals surface area contributed by atoms with Gasteiger partial charge in [0, 0.05) is 45.7 Å². The van der Waals surface area contributed by atoms with E-state index in [0.717, 1.165) is 32.5 Å². The lowest BCUT2D eigenvalue weighted by molar-refractivity contribution is -0.129. The summed E-state index contributed by atoms with van der Waals surface area (Å²) >= 11 is 0. The zero-order valence-corrected chi connectivity index (χ0v) is 17.1. The molecule has 1 aromatic rings. The van der Waals surface area contributed by atoms with Gasteiger partial charge in [-0.15, -0.1) is 0 Å². The highest BCUT2D eigenvalue weighted by Crippen LogP contribution is 2.18. The smallest absolute Gasteiger partial charge is 0.225 e. The number of likely N-dealkylation sites (tertiary alicyclic amines) is 1. The van der Waals surface area contributed by atoms with E-state index in [4.69, 9.17) is 4.74 Å². The quantitative estimate of drug-likeness (QED) is 0.690. The summed E-state index contributed by atoms with van der Waals surface area (Å²) in [5.41, 5.74) is 1.22. The number of amides is 2. The van der Waals surface area contributed by atoms with E-state index < -0.39 is 0 Å². The molecule has 2 aliphatic heterocycles. The summed E-state index contributed by atoms with van der Waals surface area (Å²) in [6.07, 6.45) is 2.62. The van der Waals surface area contributed by atoms with Gasteiger partial charge in [-0.3, -0.25) is 14.5 Å². The first kappa shape index (κ1) is 20.8. The highest BCUT2D eigenvalue weighted by atomic mass is 16.5. The molecule has 6 heteroatoms. The minimum absolute atomic E-state index is 0.0132. The third-order valence-electron chi connectivity index (χ3n) is 5.54. The van der Waals surface area contributed by atoms with Gasteiger partial charge < -0.3 is 15.0 Å². The Hall–Kier alpha value is -1.92. The van der Waals surface area contributed by atoms with E-state index in [1.54, 1.807) is 0 Å². The van der Waals surface area contributed by atoms with Crippen LogP contribution < -0.4 is 5.32 Å². The number of hydrogen-bond acceptors (Lipinski definition) is 4. The van der Waals surface area contributed by atoms with Crippen molar-refractivity contribution in [2.24, 2.45) is 5.92 Å². The molecule has 2 aliphatic rings. The summed E-state index contributed by atoms with van der Waals surface area (Å²) in [5, 5.41) is 3.03. The van der Waals surface area contributed by atoms with Crippen LogP contribution in [0.2, 0.25) is 0 Å². The third kappa shape index (κ3) is 6.04. The van der Waals surface area contributed by atoms with Crippen molar-refractivity contribution in [2.75, 3.05) is 39.3 Å². The molecule has 0 bridgehead atoms. The lowest BCUT2D eigenvalue weighted by atomic mass is 10.1. The number of carbonyl (C=O) groups is 2. The van der Waals surface area contributed by atoms with Gasteiger partial charge in [-0.1, -0.05) is 30.3 Å². The molecule has 0 spiro atoms. The summed E-state index contributed by atoms with van der Waals surface area (Å²) in [6.45, 7) is 8.95. The van der Waals surface area contributed by atoms with Crippen molar-refractivity contribution in [3.8, 4) is 0 Å². The van der Waals surface area contributed by atoms with E-state index in [9.17, 15) is 9.59 Å². The Labute approximate surface area is 168 Å². The maximum absolute atomic E-state index is 12.4. The Morgan fingerprint density at radius 1 is 1.11 bits per heavy atom. The van der Waals surface area contributed by atoms with Crippen LogP contribution in [0.1, 0.15) is 32.3 Å². The van der Waals surface area contributed by atoms with Gasteiger partial charge in [-0.05, 0) is 32.3 Å². The van der Waals surface area contributed by atoms with Gasteiger partial charge in [0.15, 0.2) is 0 Å². The fraction of sp³-hybridized carbons (Fsp3) is 0.636. The number of morpholine rings is 1. The minimum Gasteiger partial charge on any atom is -0.373 e. The second kappa shape index (κ2) is 10.0. The number of benzene rings is 1. The van der Waals surface area contributed by atoms with Gasteiger partial charge >= 0.3 is 0 Å². The molecule has 2 fully saturated rings. The van der Waals surface area contributed by atoms with Crippen LogP contribution >= 0.6 is 0 Å². The maximum atomic E-state index is 12.4. The third-order valence-corrected chi connectivity index (χ3v) is 5.54. The highest BCUT2D eigenvalue weighted by molar-refractivity contribution is 5.89. The fourth-order valence-electron chi connectivity index (χ4n) is 4.20. The van der Waals surface area contributed by atoms with Crippen LogP contribution in [0.3, 0.4) is 0 Å². The summed E-state index contributed by atoms with van der Waals surface area (Å²) in [6, 6.07) is 10.2. The molecule has 0 aromatic heterocycles. The van der Waals surface area contributed by atoms with Crippen LogP contribution in [-0.2, 0) is 20.7 Å². The molecule has 2 saturated heterocycles. The lowest BCUT2D eigenvalue weighted by Gasteiger charge is -2.35. The fourth-order valence-corrected chi connectivity index (χ4v) is 4.20. The van der Waals surface area contributed by atoms with E-state index in [0.29, 0.717) is 26.1 Å². The minimum atomic E-state index is -0.216. The molecule has 0 aliphatic carbocycles. The van der Waals surface area contributed by atoms with Crippen molar-refractivity contribution in [1.82, 2.24) is 15.1 Å². The summed E-state index contributed by atoms with van der Waals surface area (Å²) in [4.78, 5) is 28.9. The summed E-state index contributed by atoms with van der Waals surface area (Å²) in [5.74, 6) is -0.113. The average molecular weight is 388 g/mol. The first-order valence-corrected chi connectivity index (χ1v) is 10.5. The van der Waals surface area contributed by atoms with Crippen molar-refractivity contribution in [3.63, 3.8) is 0 Å². The predicted octanol–water partition coefficient (Wildman–Crippen LogP) is 1.69. The molecule has 3 atom stereocenters. The Morgan fingerprint density at radius 3 is 2.54 bits per heavy atom. The number of nitrogens with zero attached hydrogens (tertiary/aromatic N) is 2. The number of nitrogens with one attached hydrogen (secondary N) is 1. The lowest BCUT2D eigenvalue weighted by Crippen LogP contribution is -2.46. The second-order valence-corrected chi connectivity index (χ2v) is 8.14. The Balaban J connectivity index is 1.34. The summed E-state index contributed by atoms with van der Waals surface area (Å²) in [7, 11) is 0. The van der Waals surface area contributed by atoms with Gasteiger partial charge in [0.2, 0.25) is 11.8 Å². The number of carbonyl (C=O) groups excluding carboxylic acids is 2. The molecule has 0 unspecified atom stereocenters. The molecule has 3 rings (SSSR count). The van der Waals surface area contributed by atoms with E-state index in [2.05, 4.69) is 36.2 Å². The van der Waals surface area contributed by atoms with Crippen molar-refractivity contribution in [1.29, 1.82) is 0 Å². The Bertz CT molecular complexity index is 642. The topological polar surface area (TPSA) is 61.9 Å². The number of ether oxygens (including phenoxy) is 1. The van der Waals surface area contributed by atoms with Crippen LogP contribution in [0.25, 0.3) is 0 Å². The molecule has 2 heterocycles. The molecule has 154 valence electrons. The highest BCUT2D eigenvalue weighted by Gasteiger charge is 2.33. The maximum Gasteiger partial charge on any atom is 0.225 e. The molecular formula is C22H33N3O3. The van der Waals surface area contributed by atoms with Gasteiger partial charge in [0.1, 0.15) is 0 Å². The second-order valence-electron chi connectivity index (χ2n) is 8.14. The Kier molecular flexibility index (Phi) is 7.45. The largest absolute Gasteiger partial charge is 0.373 e. The molecule has 28 heavy (non-hydrogen) atoms. The Morgan fingerprint density at radius 2 is 1.82 bits per heavy atom. The van der Waals surface area contributed by atoms with Crippen LogP contribution in [-0.4, -0.2) is 73.1 Å². The van der Waals surface area contributed by atoms with Gasteiger partial charge in [0.25, 0.3) is 0 Å². The van der Waals surface area contributed by atoms with E-state index >= 15 is 0 Å². The van der Waals surface area contributed by atoms with Crippen LogP contribution in [0, 0.1) is 5.92 Å². The first-order chi connectivity index (χ1) is 13.5. The molecule has 6 nitrogen and oxygen atoms in total. The van der Waals surface area contributed by atoms with Crippen LogP contribution in [0.4, 0.5) is 0 Å². The normalized spacial score (nSPS) is 25.9. The van der Waals surface area contributed by atoms with Gasteiger partial charge in [-0.25, -0.2) is 0 Å². The van der Waals surface area contributed by atoms with E-state index in [1.807, 2.05) is 23.1 Å². The number of hydrogen-bond donors (Lipinski definition) is 1. The molecular weight excluding hydrogens is 354 g/mol. The molecule has 2 amide bonds. The van der Waals surface area contributed by atoms with Gasteiger partial charge in [0.05, 0.1) is 18.1 Å². The molecule has 0 radical (unpaired) electrons. The molecule has 1 N–H and O–H groups in total. The number of rotatable bonds is 8. The van der Waals surface area contributed by atoms with Gasteiger partial charge in [-0.2, -0.15) is 0 Å². The van der Waals surface area contributed by atoms with E-state index in [1.165, 1.54) is 5.56 Å². The van der Waals surface area contributed by atoms with Crippen molar-refractivity contribution in [3.05, 3.63) is 35.9 Å². The van der Waals surface area contributed by atoms with Crippen molar-refractivity contribution in [2.45, 2.75) is 45.3 Å². The van der Waals surface area contributed by atoms with Crippen LogP contribution in [0.5, 0.6) is 0 Å². The first-order valence-electron chi connectivity index (χ1n) is 10.5. The zero-order chi connectivity index (χ0) is 19.9. The monoisotopic (exact) mass is 387 g/mol. The van der Waals surface area contributed by atoms with Crippen molar-refractivity contribution >= 4 is 11.8 Å².